The summed E-state index contributed by atoms with van der Waals surface area (Å²) < 4.78 is 0. The van der Waals surface area contributed by atoms with Gasteiger partial charge in [0.15, 0.2) is 0 Å². The second-order valence-corrected chi connectivity index (χ2v) is 4.40. The second-order valence-electron chi connectivity index (χ2n) is 4.40. The van der Waals surface area contributed by atoms with Crippen molar-refractivity contribution in [3.05, 3.63) is 24.0 Å². The molecule has 5 nitrogen and oxygen atoms in total. The average Bonchev–Trinajstić information content (AvgIpc) is 2.26. The van der Waals surface area contributed by atoms with E-state index >= 15 is 0 Å². The SMILES string of the molecule is CCCC1(N)CN(C(=O)c2ccnnc2)C1. The van der Waals surface area contributed by atoms with Crippen molar-refractivity contribution in [1.29, 1.82) is 0 Å². The predicted molar refractivity (Wildman–Crippen MR) is 59.8 cm³/mol. The third-order valence-corrected chi connectivity index (χ3v) is 2.88. The van der Waals surface area contributed by atoms with Crippen LogP contribution in [0.2, 0.25) is 0 Å². The van der Waals surface area contributed by atoms with Crippen molar-refractivity contribution < 1.29 is 4.79 Å². The maximum Gasteiger partial charge on any atom is 0.255 e. The van der Waals surface area contributed by atoms with Gasteiger partial charge < -0.3 is 10.6 Å². The fraction of sp³-hybridized carbons (Fsp3) is 0.545. The number of likely N-dealkylation sites (tertiary alicyclic amines) is 1. The Balaban J connectivity index is 1.96. The third kappa shape index (κ3) is 2.04. The number of carbonyl (C=O) groups is 1. The van der Waals surface area contributed by atoms with Gasteiger partial charge in [-0.2, -0.15) is 10.2 Å². The van der Waals surface area contributed by atoms with Gasteiger partial charge in [-0.1, -0.05) is 13.3 Å². The molecule has 0 unspecified atom stereocenters. The van der Waals surface area contributed by atoms with Crippen LogP contribution in [0, 0.1) is 0 Å². The largest absolute Gasteiger partial charge is 0.335 e. The van der Waals surface area contributed by atoms with Gasteiger partial charge in [-0.3, -0.25) is 4.79 Å². The summed E-state index contributed by atoms with van der Waals surface area (Å²) in [6.45, 7) is 3.38. The topological polar surface area (TPSA) is 72.1 Å². The molecule has 1 saturated heterocycles. The molecule has 86 valence electrons. The molecular weight excluding hydrogens is 204 g/mol. The lowest BCUT2D eigenvalue weighted by Gasteiger charge is -2.47. The summed E-state index contributed by atoms with van der Waals surface area (Å²) in [5.41, 5.74) is 6.50. The van der Waals surface area contributed by atoms with E-state index < -0.39 is 0 Å². The highest BCUT2D eigenvalue weighted by atomic mass is 16.2. The van der Waals surface area contributed by atoms with Crippen LogP contribution < -0.4 is 5.73 Å². The second kappa shape index (κ2) is 4.17. The third-order valence-electron chi connectivity index (χ3n) is 2.88. The molecular formula is C11H16N4O. The van der Waals surface area contributed by atoms with Gasteiger partial charge in [0.2, 0.25) is 0 Å². The number of nitrogens with zero attached hydrogens (tertiary/aromatic N) is 3. The first-order valence-electron chi connectivity index (χ1n) is 5.49. The fourth-order valence-electron chi connectivity index (χ4n) is 2.11. The van der Waals surface area contributed by atoms with Crippen LogP contribution in [0.5, 0.6) is 0 Å². The minimum atomic E-state index is -0.176. The van der Waals surface area contributed by atoms with E-state index in [2.05, 4.69) is 17.1 Å². The Morgan fingerprint density at radius 2 is 2.31 bits per heavy atom. The molecule has 0 saturated carbocycles. The fourth-order valence-corrected chi connectivity index (χ4v) is 2.11. The van der Waals surface area contributed by atoms with Crippen LogP contribution in [0.15, 0.2) is 18.5 Å². The van der Waals surface area contributed by atoms with Crippen LogP contribution in [0.25, 0.3) is 0 Å². The van der Waals surface area contributed by atoms with Crippen molar-refractivity contribution in [2.75, 3.05) is 13.1 Å². The van der Waals surface area contributed by atoms with Crippen LogP contribution in [-0.2, 0) is 0 Å². The summed E-state index contributed by atoms with van der Waals surface area (Å²) in [5, 5.41) is 7.33. The average molecular weight is 220 g/mol. The Hall–Kier alpha value is -1.49. The van der Waals surface area contributed by atoms with E-state index in [0.29, 0.717) is 18.7 Å². The summed E-state index contributed by atoms with van der Waals surface area (Å²) in [5.74, 6) is -0.00734. The molecule has 0 atom stereocenters. The Bertz CT molecular complexity index is 373. The number of hydrogen-bond donors (Lipinski definition) is 1. The summed E-state index contributed by atoms with van der Waals surface area (Å²) >= 11 is 0. The standard InChI is InChI=1S/C11H16N4O/c1-2-4-11(12)7-15(8-11)10(16)9-3-5-13-14-6-9/h3,5-6H,2,4,7-8,12H2,1H3. The van der Waals surface area contributed by atoms with E-state index in [0.717, 1.165) is 12.8 Å². The van der Waals surface area contributed by atoms with Crippen molar-refractivity contribution in [1.82, 2.24) is 15.1 Å². The number of amides is 1. The number of nitrogens with two attached hydrogens (primary N) is 1. The highest BCUT2D eigenvalue weighted by Crippen LogP contribution is 2.24. The summed E-state index contributed by atoms with van der Waals surface area (Å²) in [6, 6.07) is 1.67. The Morgan fingerprint density at radius 1 is 1.56 bits per heavy atom. The molecule has 0 bridgehead atoms. The molecule has 1 aromatic rings. The van der Waals surface area contributed by atoms with Gasteiger partial charge in [0, 0.05) is 13.1 Å². The Morgan fingerprint density at radius 3 is 2.88 bits per heavy atom. The molecule has 0 aliphatic carbocycles. The first kappa shape index (κ1) is 11.0. The Labute approximate surface area is 94.6 Å². The first-order valence-corrected chi connectivity index (χ1v) is 5.49. The van der Waals surface area contributed by atoms with Gasteiger partial charge in [-0.05, 0) is 12.5 Å². The number of carbonyl (C=O) groups excluding carboxylic acids is 1. The van der Waals surface area contributed by atoms with Gasteiger partial charge in [-0.15, -0.1) is 0 Å². The number of aromatic nitrogens is 2. The molecule has 2 N–H and O–H groups in total. The number of rotatable bonds is 3. The van der Waals surface area contributed by atoms with Gasteiger partial charge in [0.1, 0.15) is 0 Å². The lowest BCUT2D eigenvalue weighted by molar-refractivity contribution is 0.0386. The van der Waals surface area contributed by atoms with E-state index in [1.807, 2.05) is 0 Å². The molecule has 0 spiro atoms. The van der Waals surface area contributed by atoms with Crippen molar-refractivity contribution in [2.24, 2.45) is 5.73 Å². The van der Waals surface area contributed by atoms with E-state index in [4.69, 9.17) is 5.73 Å². The molecule has 5 heteroatoms. The monoisotopic (exact) mass is 220 g/mol. The maximum atomic E-state index is 11.9. The first-order chi connectivity index (χ1) is 7.64. The maximum absolute atomic E-state index is 11.9. The molecule has 1 aliphatic rings. The zero-order valence-corrected chi connectivity index (χ0v) is 9.39. The van der Waals surface area contributed by atoms with Crippen molar-refractivity contribution >= 4 is 5.91 Å². The molecule has 1 aromatic heterocycles. The zero-order valence-electron chi connectivity index (χ0n) is 9.39. The minimum Gasteiger partial charge on any atom is -0.335 e. The highest BCUT2D eigenvalue weighted by molar-refractivity contribution is 5.94. The smallest absolute Gasteiger partial charge is 0.255 e. The van der Waals surface area contributed by atoms with Crippen LogP contribution in [0.4, 0.5) is 0 Å². The summed E-state index contributed by atoms with van der Waals surface area (Å²) in [7, 11) is 0. The highest BCUT2D eigenvalue weighted by Gasteiger charge is 2.41. The molecule has 2 rings (SSSR count). The van der Waals surface area contributed by atoms with E-state index in [9.17, 15) is 4.79 Å². The number of hydrogen-bond acceptors (Lipinski definition) is 4. The molecule has 1 fully saturated rings. The molecule has 1 aliphatic heterocycles. The lowest BCUT2D eigenvalue weighted by Crippen LogP contribution is -2.68. The van der Waals surface area contributed by atoms with Crippen molar-refractivity contribution in [2.45, 2.75) is 25.3 Å². The van der Waals surface area contributed by atoms with Gasteiger partial charge in [0.25, 0.3) is 5.91 Å². The van der Waals surface area contributed by atoms with Crippen molar-refractivity contribution in [3.63, 3.8) is 0 Å². The molecule has 16 heavy (non-hydrogen) atoms. The predicted octanol–water partition coefficient (Wildman–Crippen LogP) is 0.430. The van der Waals surface area contributed by atoms with Gasteiger partial charge in [-0.25, -0.2) is 0 Å². The molecule has 0 radical (unpaired) electrons. The zero-order chi connectivity index (χ0) is 11.6. The quantitative estimate of drug-likeness (QED) is 0.801. The van der Waals surface area contributed by atoms with Crippen LogP contribution in [-0.4, -0.2) is 39.6 Å². The van der Waals surface area contributed by atoms with Crippen LogP contribution >= 0.6 is 0 Å². The summed E-state index contributed by atoms with van der Waals surface area (Å²) in [6.07, 6.45) is 5.02. The Kier molecular flexibility index (Phi) is 2.87. The van der Waals surface area contributed by atoms with Gasteiger partial charge >= 0.3 is 0 Å². The van der Waals surface area contributed by atoms with E-state index in [-0.39, 0.29) is 11.4 Å². The normalized spacial score (nSPS) is 18.0. The molecule has 1 amide bonds. The van der Waals surface area contributed by atoms with E-state index in [1.165, 1.54) is 12.4 Å². The minimum absolute atomic E-state index is 0.00734. The summed E-state index contributed by atoms with van der Waals surface area (Å²) in [4.78, 5) is 13.7. The lowest BCUT2D eigenvalue weighted by atomic mass is 9.86. The van der Waals surface area contributed by atoms with E-state index in [1.54, 1.807) is 11.0 Å². The van der Waals surface area contributed by atoms with Crippen molar-refractivity contribution in [3.8, 4) is 0 Å². The molecule has 2 heterocycles. The molecule has 0 aromatic carbocycles. The van der Waals surface area contributed by atoms with Crippen LogP contribution in [0.3, 0.4) is 0 Å². The van der Waals surface area contributed by atoms with Gasteiger partial charge in [0.05, 0.1) is 23.5 Å². The van der Waals surface area contributed by atoms with Crippen LogP contribution in [0.1, 0.15) is 30.1 Å².